The van der Waals surface area contributed by atoms with E-state index in [2.05, 4.69) is 145 Å². The van der Waals surface area contributed by atoms with Crippen LogP contribution >= 0.6 is 0 Å². The smallest absolute Gasteiger partial charge is 0.160 e. The second-order valence-corrected chi connectivity index (χ2v) is 12.0. The zero-order chi connectivity index (χ0) is 30.5. The lowest BCUT2D eigenvalue weighted by atomic mass is 9.72. The van der Waals surface area contributed by atoms with Crippen molar-refractivity contribution in [1.29, 1.82) is 0 Å². The first-order valence-electron chi connectivity index (χ1n) is 15.8. The quantitative estimate of drug-likeness (QED) is 0.192. The van der Waals surface area contributed by atoms with Gasteiger partial charge in [-0.3, -0.25) is 4.98 Å². The SMILES string of the molecule is C1=CC2c3ccccc3C=C(c3cc(-c4cc5ccccc5c5ccccc45)nc(-c4ccc(-c5ccccn5)cc4)n3)[C@H]2C=C1. The molecule has 216 valence electrons. The minimum absolute atomic E-state index is 0.190. The van der Waals surface area contributed by atoms with Crippen molar-refractivity contribution in [3.05, 3.63) is 175 Å². The molecular weight excluding hydrogens is 558 g/mol. The summed E-state index contributed by atoms with van der Waals surface area (Å²) in [5.74, 6) is 1.17. The molecule has 0 spiro atoms. The van der Waals surface area contributed by atoms with Gasteiger partial charge in [0.05, 0.1) is 17.1 Å². The fourth-order valence-electron chi connectivity index (χ4n) is 7.11. The van der Waals surface area contributed by atoms with Crippen molar-refractivity contribution >= 4 is 33.2 Å². The van der Waals surface area contributed by atoms with Crippen LogP contribution in [0.2, 0.25) is 0 Å². The standard InChI is InChI=1S/C43H29N3/c1-3-13-32-30(11-1)25-38(36-17-7-5-15-34(32)36)41-27-42(39-26-31-12-2-4-14-33(31)35-16-6-8-18-37(35)39)46-43(45-41)29-22-20-28(21-23-29)40-19-9-10-24-44-40/h1-27,34,36H/t34?,36-/m0/s1. The van der Waals surface area contributed by atoms with Gasteiger partial charge in [0, 0.05) is 34.7 Å². The summed E-state index contributed by atoms with van der Waals surface area (Å²) in [6.07, 6.45) is 13.1. The van der Waals surface area contributed by atoms with Gasteiger partial charge in [-0.05, 0) is 68.6 Å². The molecule has 0 saturated heterocycles. The Morgan fingerprint density at radius 3 is 2.04 bits per heavy atom. The molecule has 0 radical (unpaired) electrons. The number of allylic oxidation sites excluding steroid dienone is 5. The van der Waals surface area contributed by atoms with Crippen LogP contribution in [0.3, 0.4) is 0 Å². The summed E-state index contributed by atoms with van der Waals surface area (Å²) in [6.45, 7) is 0. The van der Waals surface area contributed by atoms with E-state index in [-0.39, 0.29) is 11.8 Å². The molecule has 9 rings (SSSR count). The highest BCUT2D eigenvalue weighted by Crippen LogP contribution is 2.46. The number of rotatable bonds is 4. The van der Waals surface area contributed by atoms with Crippen molar-refractivity contribution in [2.75, 3.05) is 0 Å². The molecule has 0 aliphatic heterocycles. The summed E-state index contributed by atoms with van der Waals surface area (Å²) >= 11 is 0. The van der Waals surface area contributed by atoms with Crippen molar-refractivity contribution in [1.82, 2.24) is 15.0 Å². The molecule has 0 N–H and O–H groups in total. The van der Waals surface area contributed by atoms with Gasteiger partial charge in [-0.1, -0.05) is 127 Å². The third-order valence-electron chi connectivity index (χ3n) is 9.33. The normalized spacial score (nSPS) is 16.7. The molecular formula is C43H29N3. The van der Waals surface area contributed by atoms with Crippen LogP contribution in [0.5, 0.6) is 0 Å². The molecule has 0 saturated carbocycles. The van der Waals surface area contributed by atoms with Crippen molar-refractivity contribution < 1.29 is 0 Å². The molecule has 3 nitrogen and oxygen atoms in total. The van der Waals surface area contributed by atoms with Gasteiger partial charge in [0.15, 0.2) is 5.82 Å². The molecule has 5 aromatic carbocycles. The molecule has 2 atom stereocenters. The van der Waals surface area contributed by atoms with E-state index in [0.717, 1.165) is 33.8 Å². The van der Waals surface area contributed by atoms with Crippen LogP contribution in [0.1, 0.15) is 22.7 Å². The summed E-state index contributed by atoms with van der Waals surface area (Å²) in [7, 11) is 0. The Morgan fingerprint density at radius 1 is 0.500 bits per heavy atom. The van der Waals surface area contributed by atoms with Crippen LogP contribution in [0.15, 0.2) is 158 Å². The number of benzene rings is 5. The number of hydrogen-bond donors (Lipinski definition) is 0. The summed E-state index contributed by atoms with van der Waals surface area (Å²) < 4.78 is 0. The topological polar surface area (TPSA) is 38.7 Å². The van der Waals surface area contributed by atoms with E-state index in [1.165, 1.54) is 38.2 Å². The lowest BCUT2D eigenvalue weighted by Crippen LogP contribution is -2.18. The van der Waals surface area contributed by atoms with Gasteiger partial charge in [-0.25, -0.2) is 9.97 Å². The van der Waals surface area contributed by atoms with Gasteiger partial charge in [0.1, 0.15) is 0 Å². The zero-order valence-corrected chi connectivity index (χ0v) is 25.1. The summed E-state index contributed by atoms with van der Waals surface area (Å²) in [5, 5.41) is 4.85. The fourth-order valence-corrected chi connectivity index (χ4v) is 7.11. The van der Waals surface area contributed by atoms with Crippen molar-refractivity contribution in [3.8, 4) is 33.9 Å². The number of aromatic nitrogens is 3. The predicted octanol–water partition coefficient (Wildman–Crippen LogP) is 10.6. The molecule has 1 unspecified atom stereocenters. The van der Waals surface area contributed by atoms with Crippen LogP contribution in [0.4, 0.5) is 0 Å². The molecule has 2 aliphatic rings. The molecule has 46 heavy (non-hydrogen) atoms. The number of pyridine rings is 1. The molecule has 0 amide bonds. The second kappa shape index (κ2) is 10.9. The van der Waals surface area contributed by atoms with Gasteiger partial charge in [-0.2, -0.15) is 0 Å². The third kappa shape index (κ3) is 4.48. The Balaban J connectivity index is 1.28. The van der Waals surface area contributed by atoms with Crippen LogP contribution in [0, 0.1) is 5.92 Å². The Hall–Kier alpha value is -5.93. The van der Waals surface area contributed by atoms with E-state index in [4.69, 9.17) is 9.97 Å². The lowest BCUT2D eigenvalue weighted by molar-refractivity contribution is 0.706. The maximum atomic E-state index is 5.31. The van der Waals surface area contributed by atoms with E-state index in [0.29, 0.717) is 5.82 Å². The minimum atomic E-state index is 0.190. The van der Waals surface area contributed by atoms with E-state index in [9.17, 15) is 0 Å². The average Bonchev–Trinajstić information content (AvgIpc) is 3.14. The summed E-state index contributed by atoms with van der Waals surface area (Å²) in [6, 6.07) is 44.9. The van der Waals surface area contributed by atoms with Crippen LogP contribution in [-0.2, 0) is 0 Å². The first kappa shape index (κ1) is 26.5. The first-order chi connectivity index (χ1) is 22.8. The number of nitrogens with zero attached hydrogens (tertiary/aromatic N) is 3. The Kier molecular flexibility index (Phi) is 6.27. The summed E-state index contributed by atoms with van der Waals surface area (Å²) in [5.41, 5.74) is 9.78. The predicted molar refractivity (Wildman–Crippen MR) is 190 cm³/mol. The van der Waals surface area contributed by atoms with E-state index < -0.39 is 0 Å². The summed E-state index contributed by atoms with van der Waals surface area (Å²) in [4.78, 5) is 15.1. The Morgan fingerprint density at radius 2 is 1.20 bits per heavy atom. The Labute approximate surface area is 268 Å². The molecule has 2 aromatic heterocycles. The van der Waals surface area contributed by atoms with Gasteiger partial charge >= 0.3 is 0 Å². The van der Waals surface area contributed by atoms with Crippen LogP contribution in [-0.4, -0.2) is 15.0 Å². The van der Waals surface area contributed by atoms with E-state index in [1.807, 2.05) is 24.4 Å². The highest BCUT2D eigenvalue weighted by atomic mass is 14.9. The van der Waals surface area contributed by atoms with E-state index >= 15 is 0 Å². The van der Waals surface area contributed by atoms with Gasteiger partial charge in [0.25, 0.3) is 0 Å². The molecule has 2 aliphatic carbocycles. The largest absolute Gasteiger partial charge is 0.256 e. The molecule has 3 heteroatoms. The van der Waals surface area contributed by atoms with Gasteiger partial charge < -0.3 is 0 Å². The number of fused-ring (bicyclic) bond motifs is 6. The molecule has 0 bridgehead atoms. The van der Waals surface area contributed by atoms with Crippen molar-refractivity contribution in [3.63, 3.8) is 0 Å². The molecule has 7 aromatic rings. The average molecular weight is 588 g/mol. The Bertz CT molecular complexity index is 2370. The molecule has 2 heterocycles. The maximum absolute atomic E-state index is 5.31. The maximum Gasteiger partial charge on any atom is 0.160 e. The highest BCUT2D eigenvalue weighted by molar-refractivity contribution is 6.13. The monoisotopic (exact) mass is 587 g/mol. The lowest BCUT2D eigenvalue weighted by Gasteiger charge is -2.32. The minimum Gasteiger partial charge on any atom is -0.256 e. The zero-order valence-electron chi connectivity index (χ0n) is 25.1. The van der Waals surface area contributed by atoms with Crippen LogP contribution in [0.25, 0.3) is 67.1 Å². The van der Waals surface area contributed by atoms with Crippen molar-refractivity contribution in [2.45, 2.75) is 5.92 Å². The fraction of sp³-hybridized carbons (Fsp3) is 0.0465. The third-order valence-corrected chi connectivity index (χ3v) is 9.33. The second-order valence-electron chi connectivity index (χ2n) is 12.0. The van der Waals surface area contributed by atoms with Gasteiger partial charge in [-0.15, -0.1) is 0 Å². The number of hydrogen-bond acceptors (Lipinski definition) is 3. The van der Waals surface area contributed by atoms with Crippen molar-refractivity contribution in [2.24, 2.45) is 5.92 Å². The first-order valence-corrected chi connectivity index (χ1v) is 15.8. The van der Waals surface area contributed by atoms with Gasteiger partial charge in [0.2, 0.25) is 0 Å². The van der Waals surface area contributed by atoms with E-state index in [1.54, 1.807) is 0 Å². The van der Waals surface area contributed by atoms with Crippen LogP contribution < -0.4 is 0 Å². The highest BCUT2D eigenvalue weighted by Gasteiger charge is 2.31. The molecule has 0 fully saturated rings.